The number of ketones is 1. The molecule has 21 heavy (non-hydrogen) atoms. The van der Waals surface area contributed by atoms with Crippen molar-refractivity contribution in [2.24, 2.45) is 17.8 Å². The monoisotopic (exact) mass is 306 g/mol. The molecule has 3 unspecified atom stereocenters. The Hall–Kier alpha value is -0.580. The van der Waals surface area contributed by atoms with Crippen LogP contribution in [0.2, 0.25) is 0 Å². The molecule has 5 heteroatoms. The Balaban J connectivity index is 2.10. The van der Waals surface area contributed by atoms with Crippen LogP contribution in [0.1, 0.15) is 59.8 Å². The lowest BCUT2D eigenvalue weighted by Crippen LogP contribution is -2.40. The van der Waals surface area contributed by atoms with E-state index in [-0.39, 0.29) is 30.1 Å². The highest BCUT2D eigenvalue weighted by atomic mass is 19.4. The second kappa shape index (κ2) is 5.25. The number of ether oxygens (including phenoxy) is 1. The summed E-state index contributed by atoms with van der Waals surface area (Å²) in [5.74, 6) is -2.12. The van der Waals surface area contributed by atoms with Gasteiger partial charge in [-0.1, -0.05) is 6.42 Å². The smallest absolute Gasteiger partial charge is 0.369 e. The van der Waals surface area contributed by atoms with Crippen LogP contribution in [0.15, 0.2) is 0 Å². The van der Waals surface area contributed by atoms with Crippen LogP contribution in [0.5, 0.6) is 0 Å². The van der Waals surface area contributed by atoms with Gasteiger partial charge in [-0.05, 0) is 53.4 Å². The third kappa shape index (κ3) is 3.61. The summed E-state index contributed by atoms with van der Waals surface area (Å²) in [5, 5.41) is 0. The van der Waals surface area contributed by atoms with E-state index in [1.54, 1.807) is 0 Å². The molecule has 0 amide bonds. The lowest BCUT2D eigenvalue weighted by molar-refractivity contribution is -0.186. The fourth-order valence-corrected chi connectivity index (χ4v) is 4.04. The lowest BCUT2D eigenvalue weighted by atomic mass is 9.72. The van der Waals surface area contributed by atoms with Crippen LogP contribution in [-0.2, 0) is 9.53 Å². The second-order valence-electron chi connectivity index (χ2n) is 7.73. The quantitative estimate of drug-likeness (QED) is 0.750. The summed E-state index contributed by atoms with van der Waals surface area (Å²) < 4.78 is 44.6. The molecule has 122 valence electrons. The molecule has 2 fully saturated rings. The normalized spacial score (nSPS) is 35.7. The molecule has 2 rings (SSSR count). The average Bonchev–Trinajstić information content (AvgIpc) is 2.55. The molecule has 1 aliphatic heterocycles. The molecule has 1 saturated heterocycles. The number of rotatable bonds is 2. The number of hydrogen-bond acceptors (Lipinski definition) is 2. The summed E-state index contributed by atoms with van der Waals surface area (Å²) in [7, 11) is 0. The van der Waals surface area contributed by atoms with E-state index >= 15 is 0 Å². The van der Waals surface area contributed by atoms with E-state index in [2.05, 4.69) is 0 Å². The molecule has 0 aromatic heterocycles. The van der Waals surface area contributed by atoms with Gasteiger partial charge in [0.25, 0.3) is 0 Å². The van der Waals surface area contributed by atoms with Crippen molar-refractivity contribution in [1.82, 2.24) is 0 Å². The van der Waals surface area contributed by atoms with E-state index in [1.165, 1.54) is 0 Å². The van der Waals surface area contributed by atoms with Crippen molar-refractivity contribution < 1.29 is 22.7 Å². The van der Waals surface area contributed by atoms with Gasteiger partial charge in [-0.2, -0.15) is 13.2 Å². The molecule has 1 heterocycles. The van der Waals surface area contributed by atoms with E-state index in [9.17, 15) is 18.0 Å². The molecule has 0 aromatic carbocycles. The van der Waals surface area contributed by atoms with E-state index < -0.39 is 23.6 Å². The number of hydrogen-bond donors (Lipinski definition) is 0. The van der Waals surface area contributed by atoms with Crippen molar-refractivity contribution in [3.8, 4) is 0 Å². The van der Waals surface area contributed by atoms with Gasteiger partial charge in [0.2, 0.25) is 0 Å². The van der Waals surface area contributed by atoms with Crippen molar-refractivity contribution in [3.63, 3.8) is 0 Å². The van der Waals surface area contributed by atoms with Crippen molar-refractivity contribution in [1.29, 1.82) is 0 Å². The van der Waals surface area contributed by atoms with Crippen molar-refractivity contribution in [2.75, 3.05) is 0 Å². The molecule has 0 radical (unpaired) electrons. The van der Waals surface area contributed by atoms with Crippen LogP contribution in [0.25, 0.3) is 0 Å². The molecule has 1 aliphatic carbocycles. The maximum Gasteiger partial charge on any atom is 0.391 e. The Labute approximate surface area is 124 Å². The molecule has 0 aromatic rings. The van der Waals surface area contributed by atoms with Gasteiger partial charge in [-0.15, -0.1) is 0 Å². The minimum absolute atomic E-state index is 0.0282. The first-order valence-corrected chi connectivity index (χ1v) is 7.73. The van der Waals surface area contributed by atoms with Gasteiger partial charge >= 0.3 is 6.18 Å². The molecule has 2 aliphatic rings. The highest BCUT2D eigenvalue weighted by molar-refractivity contribution is 5.85. The molecular weight excluding hydrogens is 281 g/mol. The van der Waals surface area contributed by atoms with Gasteiger partial charge in [-0.25, -0.2) is 0 Å². The Kier molecular flexibility index (Phi) is 4.20. The number of halogens is 3. The minimum atomic E-state index is -4.18. The van der Waals surface area contributed by atoms with E-state index in [0.717, 1.165) is 0 Å². The molecule has 0 spiro atoms. The van der Waals surface area contributed by atoms with Crippen LogP contribution < -0.4 is 0 Å². The largest absolute Gasteiger partial charge is 0.391 e. The van der Waals surface area contributed by atoms with Gasteiger partial charge in [0.15, 0.2) is 0 Å². The predicted molar refractivity (Wildman–Crippen MR) is 73.9 cm³/mol. The second-order valence-corrected chi connectivity index (χ2v) is 7.73. The summed E-state index contributed by atoms with van der Waals surface area (Å²) >= 11 is 0. The van der Waals surface area contributed by atoms with Gasteiger partial charge in [0.1, 0.15) is 5.78 Å². The van der Waals surface area contributed by atoms with Crippen LogP contribution in [-0.4, -0.2) is 23.2 Å². The Bertz CT molecular complexity index is 412. The zero-order valence-electron chi connectivity index (χ0n) is 13.2. The Morgan fingerprint density at radius 1 is 1.14 bits per heavy atom. The third-order valence-corrected chi connectivity index (χ3v) is 4.96. The van der Waals surface area contributed by atoms with Gasteiger partial charge in [-0.3, -0.25) is 4.79 Å². The minimum Gasteiger partial charge on any atom is -0.369 e. The molecule has 1 saturated carbocycles. The highest BCUT2D eigenvalue weighted by Gasteiger charge is 2.52. The summed E-state index contributed by atoms with van der Waals surface area (Å²) in [6.45, 7) is 7.60. The molecule has 2 nitrogen and oxygen atoms in total. The van der Waals surface area contributed by atoms with E-state index in [0.29, 0.717) is 19.3 Å². The zero-order chi connectivity index (χ0) is 16.1. The molecule has 3 atom stereocenters. The number of Topliss-reactive ketones (excluding diaryl/α,β-unsaturated/α-hetero) is 1. The maximum absolute atomic E-state index is 12.9. The van der Waals surface area contributed by atoms with Crippen LogP contribution in [0, 0.1) is 17.8 Å². The Morgan fingerprint density at radius 2 is 1.76 bits per heavy atom. The van der Waals surface area contributed by atoms with Gasteiger partial charge in [0, 0.05) is 11.8 Å². The third-order valence-electron chi connectivity index (χ3n) is 4.96. The van der Waals surface area contributed by atoms with E-state index in [1.807, 2.05) is 27.7 Å². The van der Waals surface area contributed by atoms with Crippen molar-refractivity contribution in [3.05, 3.63) is 0 Å². The maximum atomic E-state index is 12.9. The standard InChI is InChI=1S/C16H25F3O2/c1-14(2)9-12(15(3,4)21-14)13(20)10-6-5-7-11(8-10)16(17,18)19/h10-12H,5-9H2,1-4H3. The molecule has 0 bridgehead atoms. The van der Waals surface area contributed by atoms with Crippen LogP contribution >= 0.6 is 0 Å². The predicted octanol–water partition coefficient (Wildman–Crippen LogP) is 4.52. The van der Waals surface area contributed by atoms with Gasteiger partial charge in [0.05, 0.1) is 17.1 Å². The fourth-order valence-electron chi connectivity index (χ4n) is 4.04. The first-order valence-electron chi connectivity index (χ1n) is 7.73. The summed E-state index contributed by atoms with van der Waals surface area (Å²) in [5.41, 5.74) is -0.978. The van der Waals surface area contributed by atoms with Crippen LogP contribution in [0.4, 0.5) is 13.2 Å². The first-order chi connectivity index (χ1) is 9.42. The van der Waals surface area contributed by atoms with Crippen molar-refractivity contribution >= 4 is 5.78 Å². The number of carbonyl (C=O) groups excluding carboxylic acids is 1. The van der Waals surface area contributed by atoms with Gasteiger partial charge < -0.3 is 4.74 Å². The Morgan fingerprint density at radius 3 is 2.24 bits per heavy atom. The highest BCUT2D eigenvalue weighted by Crippen LogP contribution is 2.47. The molecular formula is C16H25F3O2. The lowest BCUT2D eigenvalue weighted by Gasteiger charge is -2.33. The van der Waals surface area contributed by atoms with E-state index in [4.69, 9.17) is 4.74 Å². The van der Waals surface area contributed by atoms with Crippen molar-refractivity contribution in [2.45, 2.75) is 77.2 Å². The number of carbonyl (C=O) groups is 1. The zero-order valence-corrected chi connectivity index (χ0v) is 13.2. The molecule has 0 N–H and O–H groups in total. The summed E-state index contributed by atoms with van der Waals surface area (Å²) in [4.78, 5) is 12.7. The topological polar surface area (TPSA) is 26.3 Å². The SMILES string of the molecule is CC1(C)CC(C(=O)C2CCCC(C(F)(F)F)C2)C(C)(C)O1. The average molecular weight is 306 g/mol. The first kappa shape index (κ1) is 16.8. The van der Waals surface area contributed by atoms with Crippen LogP contribution in [0.3, 0.4) is 0 Å². The summed E-state index contributed by atoms with van der Waals surface area (Å²) in [6, 6.07) is 0. The fraction of sp³-hybridized carbons (Fsp3) is 0.938. The summed E-state index contributed by atoms with van der Waals surface area (Å²) in [6.07, 6.45) is -2.42. The number of alkyl halides is 3.